The Balaban J connectivity index is 0.000000461. The highest BCUT2D eigenvalue weighted by Gasteiger charge is 1.98. The molecule has 0 aromatic carbocycles. The van der Waals surface area contributed by atoms with Crippen LogP contribution in [0.5, 0.6) is 0 Å². The molecular formula is C7H8ClNO2. The maximum atomic E-state index is 10.1. The van der Waals surface area contributed by atoms with Gasteiger partial charge in [-0.05, 0) is 12.1 Å². The first-order chi connectivity index (χ1) is 5.30. The summed E-state index contributed by atoms with van der Waals surface area (Å²) >= 11 is 4.64. The number of hydrogen-bond donors (Lipinski definition) is 1. The first-order valence-corrected chi connectivity index (χ1v) is 3.58. The number of carboxylic acids is 1. The van der Waals surface area contributed by atoms with E-state index in [2.05, 4.69) is 16.6 Å². The first kappa shape index (κ1) is 9.91. The highest BCUT2D eigenvalue weighted by Crippen LogP contribution is 1.90. The molecule has 0 amide bonds. The fourth-order valence-corrected chi connectivity index (χ4v) is 0.489. The Kier molecular flexibility index (Phi) is 5.11. The van der Waals surface area contributed by atoms with E-state index in [1.165, 1.54) is 18.6 Å². The number of aromatic nitrogens is 1. The van der Waals surface area contributed by atoms with Crippen LogP contribution in [0.4, 0.5) is 0 Å². The van der Waals surface area contributed by atoms with Gasteiger partial charge in [-0.2, -0.15) is 0 Å². The number of pyridine rings is 1. The molecule has 60 valence electrons. The van der Waals surface area contributed by atoms with Gasteiger partial charge in [0.15, 0.2) is 0 Å². The molecule has 0 unspecified atom stereocenters. The van der Waals surface area contributed by atoms with Crippen LogP contribution < -0.4 is 0 Å². The molecule has 1 aromatic rings. The van der Waals surface area contributed by atoms with Crippen molar-refractivity contribution in [1.82, 2.24) is 4.98 Å². The largest absolute Gasteiger partial charge is 0.477 e. The summed E-state index contributed by atoms with van der Waals surface area (Å²) in [6.07, 6.45) is 2.92. The standard InChI is InChI=1S/C6H5NO2.CH3Cl/c8-6(9)5-3-1-2-4-7-5;1-2/h1-4H,(H,8,9);1H3. The second-order valence-electron chi connectivity index (χ2n) is 1.52. The number of nitrogens with zero attached hydrogens (tertiary/aromatic N) is 1. The van der Waals surface area contributed by atoms with Crippen LogP contribution in [0.15, 0.2) is 24.4 Å². The summed E-state index contributed by atoms with van der Waals surface area (Å²) in [4.78, 5) is 13.7. The van der Waals surface area contributed by atoms with Crippen LogP contribution >= 0.6 is 11.6 Å². The van der Waals surface area contributed by atoms with E-state index in [-0.39, 0.29) is 5.69 Å². The number of alkyl halides is 1. The van der Waals surface area contributed by atoms with Crippen LogP contribution in [0.1, 0.15) is 10.5 Å². The summed E-state index contributed by atoms with van der Waals surface area (Å²) < 4.78 is 0. The lowest BCUT2D eigenvalue weighted by Crippen LogP contribution is -1.97. The summed E-state index contributed by atoms with van der Waals surface area (Å²) in [6, 6.07) is 4.76. The van der Waals surface area contributed by atoms with Crippen LogP contribution in [0, 0.1) is 0 Å². The minimum absolute atomic E-state index is 0.0810. The second-order valence-corrected chi connectivity index (χ2v) is 1.52. The molecule has 11 heavy (non-hydrogen) atoms. The van der Waals surface area contributed by atoms with E-state index in [0.29, 0.717) is 0 Å². The molecule has 1 rings (SSSR count). The van der Waals surface area contributed by atoms with Gasteiger partial charge in [-0.25, -0.2) is 9.78 Å². The van der Waals surface area contributed by atoms with Gasteiger partial charge in [-0.1, -0.05) is 6.07 Å². The highest BCUT2D eigenvalue weighted by molar-refractivity contribution is 6.15. The molecule has 0 aliphatic heterocycles. The molecule has 3 nitrogen and oxygen atoms in total. The van der Waals surface area contributed by atoms with E-state index in [9.17, 15) is 4.79 Å². The lowest BCUT2D eigenvalue weighted by Gasteiger charge is -1.87. The normalized spacial score (nSPS) is 7.82. The summed E-state index contributed by atoms with van der Waals surface area (Å²) in [5.41, 5.74) is 0.0810. The Hall–Kier alpha value is -1.09. The SMILES string of the molecule is CCl.O=C(O)c1ccccn1. The molecule has 0 aliphatic rings. The molecule has 0 saturated heterocycles. The van der Waals surface area contributed by atoms with Gasteiger partial charge >= 0.3 is 5.97 Å². The maximum absolute atomic E-state index is 10.1. The van der Waals surface area contributed by atoms with Gasteiger partial charge in [-0.3, -0.25) is 0 Å². The molecule has 0 saturated carbocycles. The minimum Gasteiger partial charge on any atom is -0.477 e. The van der Waals surface area contributed by atoms with Crippen LogP contribution in [0.2, 0.25) is 0 Å². The molecular weight excluding hydrogens is 166 g/mol. The van der Waals surface area contributed by atoms with Gasteiger partial charge < -0.3 is 5.11 Å². The van der Waals surface area contributed by atoms with Crippen molar-refractivity contribution in [2.24, 2.45) is 0 Å². The van der Waals surface area contributed by atoms with Gasteiger partial charge in [0.2, 0.25) is 0 Å². The van der Waals surface area contributed by atoms with Crippen LogP contribution in [0.3, 0.4) is 0 Å². The van der Waals surface area contributed by atoms with E-state index in [0.717, 1.165) is 0 Å². The number of rotatable bonds is 1. The van der Waals surface area contributed by atoms with E-state index in [1.54, 1.807) is 12.1 Å². The third-order valence-corrected chi connectivity index (χ3v) is 0.884. The average Bonchev–Trinajstić information content (AvgIpc) is 2.10. The molecule has 0 spiro atoms. The predicted molar refractivity (Wildman–Crippen MR) is 43.0 cm³/mol. The smallest absolute Gasteiger partial charge is 0.354 e. The third-order valence-electron chi connectivity index (χ3n) is 0.884. The third kappa shape index (κ3) is 3.57. The molecule has 1 heterocycles. The van der Waals surface area contributed by atoms with Crippen molar-refractivity contribution in [3.8, 4) is 0 Å². The fraction of sp³-hybridized carbons (Fsp3) is 0.143. The van der Waals surface area contributed by atoms with E-state index in [4.69, 9.17) is 5.11 Å². The Labute approximate surface area is 69.6 Å². The topological polar surface area (TPSA) is 50.2 Å². The summed E-state index contributed by atoms with van der Waals surface area (Å²) in [7, 11) is 0. The van der Waals surface area contributed by atoms with Crippen LogP contribution in [-0.4, -0.2) is 22.4 Å². The van der Waals surface area contributed by atoms with Crippen molar-refractivity contribution in [3.63, 3.8) is 0 Å². The number of hydrogen-bond acceptors (Lipinski definition) is 2. The molecule has 1 aromatic heterocycles. The number of halogens is 1. The Morgan fingerprint density at radius 1 is 1.55 bits per heavy atom. The Morgan fingerprint density at radius 3 is 2.45 bits per heavy atom. The summed E-state index contributed by atoms with van der Waals surface area (Å²) in [5, 5.41) is 8.32. The minimum atomic E-state index is -0.990. The monoisotopic (exact) mass is 173 g/mol. The average molecular weight is 174 g/mol. The van der Waals surface area contributed by atoms with Crippen LogP contribution in [-0.2, 0) is 0 Å². The molecule has 4 heteroatoms. The Morgan fingerprint density at radius 2 is 2.18 bits per heavy atom. The van der Waals surface area contributed by atoms with Gasteiger partial charge in [0.25, 0.3) is 0 Å². The van der Waals surface area contributed by atoms with Gasteiger partial charge in [-0.15, -0.1) is 11.6 Å². The lowest BCUT2D eigenvalue weighted by atomic mass is 10.4. The molecule has 0 radical (unpaired) electrons. The molecule has 1 N–H and O–H groups in total. The summed E-state index contributed by atoms with van der Waals surface area (Å²) in [5.74, 6) is -0.990. The number of carbonyl (C=O) groups is 1. The Bertz CT molecular complexity index is 213. The van der Waals surface area contributed by atoms with Crippen molar-refractivity contribution in [1.29, 1.82) is 0 Å². The zero-order valence-corrected chi connectivity index (χ0v) is 6.75. The fourth-order valence-electron chi connectivity index (χ4n) is 0.489. The van der Waals surface area contributed by atoms with Crippen molar-refractivity contribution in [2.45, 2.75) is 0 Å². The van der Waals surface area contributed by atoms with Crippen molar-refractivity contribution in [3.05, 3.63) is 30.1 Å². The van der Waals surface area contributed by atoms with E-state index >= 15 is 0 Å². The molecule has 0 fully saturated rings. The van der Waals surface area contributed by atoms with Crippen LogP contribution in [0.25, 0.3) is 0 Å². The molecule has 0 bridgehead atoms. The first-order valence-electron chi connectivity index (χ1n) is 2.83. The number of aromatic carboxylic acids is 1. The second kappa shape index (κ2) is 5.68. The van der Waals surface area contributed by atoms with Crippen molar-refractivity contribution in [2.75, 3.05) is 6.38 Å². The quantitative estimate of drug-likeness (QED) is 0.657. The van der Waals surface area contributed by atoms with Gasteiger partial charge in [0, 0.05) is 12.6 Å². The molecule has 0 aliphatic carbocycles. The zero-order valence-electron chi connectivity index (χ0n) is 5.99. The van der Waals surface area contributed by atoms with E-state index < -0.39 is 5.97 Å². The van der Waals surface area contributed by atoms with Gasteiger partial charge in [0.1, 0.15) is 5.69 Å². The lowest BCUT2D eigenvalue weighted by molar-refractivity contribution is 0.0690. The predicted octanol–water partition coefficient (Wildman–Crippen LogP) is 1.63. The zero-order chi connectivity index (χ0) is 8.69. The highest BCUT2D eigenvalue weighted by atomic mass is 35.5. The van der Waals surface area contributed by atoms with Gasteiger partial charge in [0.05, 0.1) is 0 Å². The summed E-state index contributed by atoms with van der Waals surface area (Å²) in [6.45, 7) is 0. The molecule has 0 atom stereocenters. The van der Waals surface area contributed by atoms with E-state index in [1.807, 2.05) is 0 Å². The van der Waals surface area contributed by atoms with Crippen molar-refractivity contribution < 1.29 is 9.90 Å². The maximum Gasteiger partial charge on any atom is 0.354 e. The number of carboxylic acid groups (broad SMARTS) is 1. The van der Waals surface area contributed by atoms with Crippen molar-refractivity contribution >= 4 is 17.6 Å².